The number of amides is 1. The van der Waals surface area contributed by atoms with E-state index in [1.54, 1.807) is 12.1 Å². The van der Waals surface area contributed by atoms with Gasteiger partial charge >= 0.3 is 0 Å². The molecule has 0 spiro atoms. The molecule has 21 heavy (non-hydrogen) atoms. The average Bonchev–Trinajstić information content (AvgIpc) is 2.43. The van der Waals surface area contributed by atoms with Gasteiger partial charge in [0.25, 0.3) is 0 Å². The van der Waals surface area contributed by atoms with Crippen molar-refractivity contribution in [3.63, 3.8) is 0 Å². The Hall–Kier alpha value is -1.88. The van der Waals surface area contributed by atoms with Crippen LogP contribution in [0.2, 0.25) is 0 Å². The Balaban J connectivity index is 1.81. The van der Waals surface area contributed by atoms with Crippen molar-refractivity contribution in [2.75, 3.05) is 17.2 Å². The lowest BCUT2D eigenvalue weighted by Crippen LogP contribution is -2.16. The molecule has 0 fully saturated rings. The highest BCUT2D eigenvalue weighted by molar-refractivity contribution is 9.10. The molecule has 2 rings (SSSR count). The molecule has 0 saturated heterocycles. The van der Waals surface area contributed by atoms with Crippen molar-refractivity contribution in [2.24, 2.45) is 0 Å². The van der Waals surface area contributed by atoms with E-state index in [0.717, 1.165) is 15.7 Å². The van der Waals surface area contributed by atoms with E-state index in [1.807, 2.05) is 25.1 Å². The zero-order chi connectivity index (χ0) is 15.2. The van der Waals surface area contributed by atoms with Crippen molar-refractivity contribution in [3.05, 3.63) is 58.3 Å². The molecule has 110 valence electrons. The zero-order valence-corrected chi connectivity index (χ0v) is 13.2. The molecule has 0 aromatic heterocycles. The Bertz CT molecular complexity index is 646. The maximum atomic E-state index is 13.0. The van der Waals surface area contributed by atoms with Gasteiger partial charge in [0, 0.05) is 28.8 Å². The van der Waals surface area contributed by atoms with Gasteiger partial charge in [0.2, 0.25) is 5.91 Å². The highest BCUT2D eigenvalue weighted by atomic mass is 79.9. The lowest BCUT2D eigenvalue weighted by atomic mass is 10.2. The number of benzene rings is 2. The summed E-state index contributed by atoms with van der Waals surface area (Å²) >= 11 is 3.43. The predicted octanol–water partition coefficient (Wildman–Crippen LogP) is 4.34. The number of rotatable bonds is 5. The molecule has 0 unspecified atom stereocenters. The number of carbonyl (C=O) groups excluding carboxylic acids is 1. The number of halogens is 2. The molecule has 0 atom stereocenters. The van der Waals surface area contributed by atoms with Crippen LogP contribution in [0.25, 0.3) is 0 Å². The average molecular weight is 351 g/mol. The van der Waals surface area contributed by atoms with E-state index < -0.39 is 0 Å². The third-order valence-corrected chi connectivity index (χ3v) is 3.82. The molecule has 5 heteroatoms. The fraction of sp³-hybridized carbons (Fsp3) is 0.188. The van der Waals surface area contributed by atoms with Gasteiger partial charge in [-0.3, -0.25) is 4.79 Å². The predicted molar refractivity (Wildman–Crippen MR) is 87.0 cm³/mol. The van der Waals surface area contributed by atoms with E-state index in [1.165, 1.54) is 12.1 Å². The minimum atomic E-state index is -0.297. The van der Waals surface area contributed by atoms with Gasteiger partial charge in [0.05, 0.1) is 0 Å². The summed E-state index contributed by atoms with van der Waals surface area (Å²) in [5.74, 6) is -0.386. The summed E-state index contributed by atoms with van der Waals surface area (Å²) < 4.78 is 13.9. The van der Waals surface area contributed by atoms with E-state index in [0.29, 0.717) is 18.7 Å². The van der Waals surface area contributed by atoms with Crippen molar-refractivity contribution in [2.45, 2.75) is 13.3 Å². The Labute approximate surface area is 131 Å². The van der Waals surface area contributed by atoms with Crippen LogP contribution in [-0.2, 0) is 4.79 Å². The first-order valence-corrected chi connectivity index (χ1v) is 7.39. The van der Waals surface area contributed by atoms with Gasteiger partial charge in [-0.05, 0) is 42.8 Å². The van der Waals surface area contributed by atoms with E-state index in [4.69, 9.17) is 0 Å². The van der Waals surface area contributed by atoms with Crippen LogP contribution in [0.5, 0.6) is 0 Å². The maximum Gasteiger partial charge on any atom is 0.226 e. The molecule has 0 heterocycles. The molecular weight excluding hydrogens is 335 g/mol. The van der Waals surface area contributed by atoms with Crippen LogP contribution in [0.4, 0.5) is 15.8 Å². The second-order valence-electron chi connectivity index (χ2n) is 4.70. The molecule has 0 aliphatic heterocycles. The first kappa shape index (κ1) is 15.5. The summed E-state index contributed by atoms with van der Waals surface area (Å²) in [6.45, 7) is 2.43. The summed E-state index contributed by atoms with van der Waals surface area (Å²) in [5, 5.41) is 5.84. The SMILES string of the molecule is Cc1ccc(NC(=O)CCNc2cccc(F)c2)cc1Br. The lowest BCUT2D eigenvalue weighted by Gasteiger charge is -2.08. The molecule has 0 bridgehead atoms. The number of aryl methyl sites for hydroxylation is 1. The van der Waals surface area contributed by atoms with Crippen LogP contribution in [-0.4, -0.2) is 12.5 Å². The van der Waals surface area contributed by atoms with Crippen molar-refractivity contribution in [3.8, 4) is 0 Å². The van der Waals surface area contributed by atoms with Gasteiger partial charge in [-0.1, -0.05) is 28.1 Å². The number of hydrogen-bond acceptors (Lipinski definition) is 2. The highest BCUT2D eigenvalue weighted by Gasteiger charge is 2.04. The molecule has 3 nitrogen and oxygen atoms in total. The number of hydrogen-bond donors (Lipinski definition) is 2. The van der Waals surface area contributed by atoms with Gasteiger partial charge in [-0.25, -0.2) is 4.39 Å². The third-order valence-electron chi connectivity index (χ3n) is 2.96. The number of nitrogens with one attached hydrogen (secondary N) is 2. The quantitative estimate of drug-likeness (QED) is 0.842. The van der Waals surface area contributed by atoms with Gasteiger partial charge in [-0.15, -0.1) is 0 Å². The topological polar surface area (TPSA) is 41.1 Å². The van der Waals surface area contributed by atoms with Crippen molar-refractivity contribution >= 4 is 33.2 Å². The highest BCUT2D eigenvalue weighted by Crippen LogP contribution is 2.20. The fourth-order valence-electron chi connectivity index (χ4n) is 1.81. The molecule has 1 amide bonds. The van der Waals surface area contributed by atoms with E-state index in [2.05, 4.69) is 26.6 Å². The smallest absolute Gasteiger partial charge is 0.226 e. The number of carbonyl (C=O) groups is 1. The van der Waals surface area contributed by atoms with Crippen LogP contribution in [0.3, 0.4) is 0 Å². The molecule has 2 aromatic rings. The monoisotopic (exact) mass is 350 g/mol. The van der Waals surface area contributed by atoms with Crippen LogP contribution >= 0.6 is 15.9 Å². The van der Waals surface area contributed by atoms with Crippen LogP contribution in [0, 0.1) is 12.7 Å². The largest absolute Gasteiger partial charge is 0.384 e. The van der Waals surface area contributed by atoms with E-state index in [9.17, 15) is 9.18 Å². The Morgan fingerprint density at radius 3 is 2.71 bits per heavy atom. The standard InChI is InChI=1S/C16H16BrFN2O/c1-11-5-6-14(10-15(11)17)20-16(21)7-8-19-13-4-2-3-12(18)9-13/h2-6,9-10,19H,7-8H2,1H3,(H,20,21). The molecular formula is C16H16BrFN2O. The molecule has 2 aromatic carbocycles. The summed E-state index contributed by atoms with van der Waals surface area (Å²) in [6, 6.07) is 11.8. The summed E-state index contributed by atoms with van der Waals surface area (Å²) in [4.78, 5) is 11.8. The minimum Gasteiger partial charge on any atom is -0.384 e. The van der Waals surface area contributed by atoms with Crippen molar-refractivity contribution < 1.29 is 9.18 Å². The second-order valence-corrected chi connectivity index (χ2v) is 5.55. The Kier molecular flexibility index (Phi) is 5.33. The van der Waals surface area contributed by atoms with Gasteiger partial charge in [-0.2, -0.15) is 0 Å². The van der Waals surface area contributed by atoms with Gasteiger partial charge in [0.15, 0.2) is 0 Å². The van der Waals surface area contributed by atoms with Crippen LogP contribution in [0.1, 0.15) is 12.0 Å². The van der Waals surface area contributed by atoms with Gasteiger partial charge < -0.3 is 10.6 Å². The van der Waals surface area contributed by atoms with Crippen LogP contribution < -0.4 is 10.6 Å². The summed E-state index contributed by atoms with van der Waals surface area (Å²) in [5.41, 5.74) is 2.53. The third kappa shape index (κ3) is 4.86. The fourth-order valence-corrected chi connectivity index (χ4v) is 2.19. The van der Waals surface area contributed by atoms with Crippen LogP contribution in [0.15, 0.2) is 46.9 Å². The summed E-state index contributed by atoms with van der Waals surface area (Å²) in [7, 11) is 0. The van der Waals surface area contributed by atoms with E-state index in [-0.39, 0.29) is 11.7 Å². The first-order valence-electron chi connectivity index (χ1n) is 6.60. The Morgan fingerprint density at radius 1 is 1.19 bits per heavy atom. The zero-order valence-electron chi connectivity index (χ0n) is 11.6. The minimum absolute atomic E-state index is 0.0883. The van der Waals surface area contributed by atoms with Gasteiger partial charge in [0.1, 0.15) is 5.82 Å². The molecule has 0 aliphatic carbocycles. The Morgan fingerprint density at radius 2 is 2.00 bits per heavy atom. The molecule has 0 aliphatic rings. The molecule has 0 radical (unpaired) electrons. The number of anilines is 2. The van der Waals surface area contributed by atoms with Crippen molar-refractivity contribution in [1.29, 1.82) is 0 Å². The molecule has 2 N–H and O–H groups in total. The van der Waals surface area contributed by atoms with E-state index >= 15 is 0 Å². The second kappa shape index (κ2) is 7.22. The normalized spacial score (nSPS) is 10.2. The molecule has 0 saturated carbocycles. The maximum absolute atomic E-state index is 13.0. The first-order chi connectivity index (χ1) is 10.0. The lowest BCUT2D eigenvalue weighted by molar-refractivity contribution is -0.115. The van der Waals surface area contributed by atoms with Crippen molar-refractivity contribution in [1.82, 2.24) is 0 Å². The summed E-state index contributed by atoms with van der Waals surface area (Å²) in [6.07, 6.45) is 0.308.